The third kappa shape index (κ3) is 5.51. The average molecular weight is 245 g/mol. The Kier molecular flexibility index (Phi) is 6.60. The highest BCUT2D eigenvalue weighted by molar-refractivity contribution is 5.71. The Balaban J connectivity index is 2.52. The number of methoxy groups -OCH3 is 1. The molecule has 0 aliphatic heterocycles. The summed E-state index contributed by atoms with van der Waals surface area (Å²) in [5.41, 5.74) is 0.993. The Hall–Kier alpha value is -1.79. The van der Waals surface area contributed by atoms with E-state index in [1.165, 1.54) is 7.11 Å². The van der Waals surface area contributed by atoms with Crippen LogP contribution in [-0.4, -0.2) is 37.6 Å². The Morgan fingerprint density at radius 3 is 2.67 bits per heavy atom. The van der Waals surface area contributed by atoms with Gasteiger partial charge in [-0.05, 0) is 25.1 Å². The van der Waals surface area contributed by atoms with Crippen molar-refractivity contribution in [3.05, 3.63) is 35.9 Å². The molecule has 1 aromatic rings. The molecule has 0 atom stereocenters. The molecule has 0 N–H and O–H groups in total. The summed E-state index contributed by atoms with van der Waals surface area (Å²) in [7, 11) is 1.40. The topological polar surface area (TPSA) is 29.5 Å². The summed E-state index contributed by atoms with van der Waals surface area (Å²) in [6.07, 6.45) is 0.990. The summed E-state index contributed by atoms with van der Waals surface area (Å²) >= 11 is 0. The Labute approximate surface area is 109 Å². The molecule has 1 aromatic carbocycles. The zero-order chi connectivity index (χ0) is 13.2. The fourth-order valence-electron chi connectivity index (χ4n) is 1.55. The van der Waals surface area contributed by atoms with Crippen molar-refractivity contribution >= 4 is 5.97 Å². The fraction of sp³-hybridized carbons (Fsp3) is 0.400. The second kappa shape index (κ2) is 8.32. The van der Waals surface area contributed by atoms with Crippen LogP contribution in [0.1, 0.15) is 18.9 Å². The number of hydrogen-bond donors (Lipinski definition) is 0. The van der Waals surface area contributed by atoms with Gasteiger partial charge in [0.2, 0.25) is 0 Å². The highest BCUT2D eigenvalue weighted by Crippen LogP contribution is 1.96. The summed E-state index contributed by atoms with van der Waals surface area (Å²) < 4.78 is 4.66. The summed E-state index contributed by atoms with van der Waals surface area (Å²) in [5.74, 6) is 5.95. The lowest BCUT2D eigenvalue weighted by molar-refractivity contribution is -0.141. The molecular weight excluding hydrogens is 226 g/mol. The SMILES string of the molecule is CCCN(CC#Cc1ccccc1)CC(=O)OC. The van der Waals surface area contributed by atoms with E-state index in [0.29, 0.717) is 13.1 Å². The number of carbonyl (C=O) groups is 1. The molecule has 0 unspecified atom stereocenters. The maximum Gasteiger partial charge on any atom is 0.319 e. The van der Waals surface area contributed by atoms with Gasteiger partial charge in [-0.15, -0.1) is 0 Å². The third-order valence-electron chi connectivity index (χ3n) is 2.43. The lowest BCUT2D eigenvalue weighted by Gasteiger charge is -2.16. The molecule has 0 aromatic heterocycles. The predicted octanol–water partition coefficient (Wildman–Crippen LogP) is 1.92. The molecule has 18 heavy (non-hydrogen) atoms. The van der Waals surface area contributed by atoms with Crippen LogP contribution in [0.2, 0.25) is 0 Å². The molecule has 0 radical (unpaired) electrons. The van der Waals surface area contributed by atoms with Crippen LogP contribution in [-0.2, 0) is 9.53 Å². The molecule has 3 heteroatoms. The maximum absolute atomic E-state index is 11.2. The lowest BCUT2D eigenvalue weighted by Crippen LogP contribution is -2.31. The Morgan fingerprint density at radius 1 is 1.33 bits per heavy atom. The Bertz CT molecular complexity index is 417. The van der Waals surface area contributed by atoms with Gasteiger partial charge in [0.05, 0.1) is 20.2 Å². The molecular formula is C15H19NO2. The molecule has 0 spiro atoms. The van der Waals surface area contributed by atoms with Crippen LogP contribution in [0.3, 0.4) is 0 Å². The predicted molar refractivity (Wildman–Crippen MR) is 72.1 cm³/mol. The van der Waals surface area contributed by atoms with Gasteiger partial charge in [-0.1, -0.05) is 37.0 Å². The van der Waals surface area contributed by atoms with Crippen molar-refractivity contribution in [3.8, 4) is 11.8 Å². The number of rotatable bonds is 5. The van der Waals surface area contributed by atoms with Gasteiger partial charge in [0, 0.05) is 5.56 Å². The van der Waals surface area contributed by atoms with Gasteiger partial charge < -0.3 is 4.74 Å². The zero-order valence-corrected chi connectivity index (χ0v) is 11.0. The van der Waals surface area contributed by atoms with E-state index in [0.717, 1.165) is 18.5 Å². The van der Waals surface area contributed by atoms with Crippen molar-refractivity contribution < 1.29 is 9.53 Å². The van der Waals surface area contributed by atoms with Gasteiger partial charge in [-0.2, -0.15) is 0 Å². The minimum absolute atomic E-state index is 0.218. The lowest BCUT2D eigenvalue weighted by atomic mass is 10.2. The molecule has 96 valence electrons. The van der Waals surface area contributed by atoms with Gasteiger partial charge in [0.15, 0.2) is 0 Å². The van der Waals surface area contributed by atoms with Crippen LogP contribution >= 0.6 is 0 Å². The molecule has 0 bridgehead atoms. The van der Waals surface area contributed by atoms with Crippen molar-refractivity contribution in [1.29, 1.82) is 0 Å². The molecule has 0 amide bonds. The van der Waals surface area contributed by atoms with Crippen molar-refractivity contribution in [2.45, 2.75) is 13.3 Å². The smallest absolute Gasteiger partial charge is 0.319 e. The minimum atomic E-state index is -0.218. The first kappa shape index (κ1) is 14.3. The van der Waals surface area contributed by atoms with Crippen LogP contribution in [0.4, 0.5) is 0 Å². The second-order valence-electron chi connectivity index (χ2n) is 3.95. The van der Waals surface area contributed by atoms with Gasteiger partial charge >= 0.3 is 5.97 Å². The highest BCUT2D eigenvalue weighted by Gasteiger charge is 2.08. The van der Waals surface area contributed by atoms with Crippen LogP contribution in [0.5, 0.6) is 0 Å². The summed E-state index contributed by atoms with van der Waals surface area (Å²) in [5, 5.41) is 0. The number of ether oxygens (including phenoxy) is 1. The number of carbonyl (C=O) groups excluding carboxylic acids is 1. The summed E-state index contributed by atoms with van der Waals surface area (Å²) in [6.45, 7) is 3.80. The van der Waals surface area contributed by atoms with Crippen LogP contribution in [0.15, 0.2) is 30.3 Å². The Morgan fingerprint density at radius 2 is 2.06 bits per heavy atom. The standard InChI is InChI=1S/C15H19NO2/c1-3-11-16(13-15(17)18-2)12-7-10-14-8-5-4-6-9-14/h4-6,8-9H,3,11-13H2,1-2H3. The van der Waals surface area contributed by atoms with Gasteiger partial charge in [0.25, 0.3) is 0 Å². The molecule has 0 saturated carbocycles. The van der Waals surface area contributed by atoms with Gasteiger partial charge in [0.1, 0.15) is 0 Å². The molecule has 0 heterocycles. The molecule has 0 fully saturated rings. The number of benzene rings is 1. The molecule has 1 rings (SSSR count). The first-order chi connectivity index (χ1) is 8.76. The molecule has 0 aliphatic carbocycles. The van der Waals surface area contributed by atoms with Crippen molar-refractivity contribution in [2.75, 3.05) is 26.7 Å². The average Bonchev–Trinajstić information content (AvgIpc) is 2.40. The van der Waals surface area contributed by atoms with E-state index >= 15 is 0 Å². The van der Waals surface area contributed by atoms with E-state index in [4.69, 9.17) is 0 Å². The van der Waals surface area contributed by atoms with Gasteiger partial charge in [-0.3, -0.25) is 9.69 Å². The first-order valence-electron chi connectivity index (χ1n) is 6.09. The van der Waals surface area contributed by atoms with Crippen LogP contribution in [0, 0.1) is 11.8 Å². The third-order valence-corrected chi connectivity index (χ3v) is 2.43. The van der Waals surface area contributed by atoms with Crippen LogP contribution < -0.4 is 0 Å². The highest BCUT2D eigenvalue weighted by atomic mass is 16.5. The number of hydrogen-bond acceptors (Lipinski definition) is 3. The van der Waals surface area contributed by atoms with E-state index in [1.807, 2.05) is 35.2 Å². The minimum Gasteiger partial charge on any atom is -0.468 e. The second-order valence-corrected chi connectivity index (χ2v) is 3.95. The van der Waals surface area contributed by atoms with Crippen molar-refractivity contribution in [3.63, 3.8) is 0 Å². The van der Waals surface area contributed by atoms with Crippen LogP contribution in [0.25, 0.3) is 0 Å². The normalized spacial score (nSPS) is 9.72. The molecule has 0 saturated heterocycles. The monoisotopic (exact) mass is 245 g/mol. The largest absolute Gasteiger partial charge is 0.468 e. The maximum atomic E-state index is 11.2. The van der Waals surface area contributed by atoms with E-state index in [1.54, 1.807) is 0 Å². The van der Waals surface area contributed by atoms with E-state index in [2.05, 4.69) is 23.5 Å². The fourth-order valence-corrected chi connectivity index (χ4v) is 1.55. The molecule has 3 nitrogen and oxygen atoms in total. The summed E-state index contributed by atoms with van der Waals surface area (Å²) in [6, 6.07) is 9.82. The quantitative estimate of drug-likeness (QED) is 0.586. The number of esters is 1. The zero-order valence-electron chi connectivity index (χ0n) is 11.0. The number of nitrogens with zero attached hydrogens (tertiary/aromatic N) is 1. The molecule has 0 aliphatic rings. The summed E-state index contributed by atoms with van der Waals surface area (Å²) in [4.78, 5) is 13.2. The van der Waals surface area contributed by atoms with Gasteiger partial charge in [-0.25, -0.2) is 0 Å². The first-order valence-corrected chi connectivity index (χ1v) is 6.09. The van der Waals surface area contributed by atoms with Crippen molar-refractivity contribution in [1.82, 2.24) is 4.90 Å². The van der Waals surface area contributed by atoms with E-state index in [9.17, 15) is 4.79 Å². The van der Waals surface area contributed by atoms with E-state index < -0.39 is 0 Å². The van der Waals surface area contributed by atoms with Crippen molar-refractivity contribution in [2.24, 2.45) is 0 Å². The van der Waals surface area contributed by atoms with E-state index in [-0.39, 0.29) is 5.97 Å².